The molecule has 1 aliphatic heterocycles. The summed E-state index contributed by atoms with van der Waals surface area (Å²) < 4.78 is 16.6. The number of rotatable bonds is 6. The first-order valence-corrected chi connectivity index (χ1v) is 12.1. The Labute approximate surface area is 215 Å². The Balaban J connectivity index is 1.27. The van der Waals surface area contributed by atoms with Crippen LogP contribution in [-0.4, -0.2) is 37.5 Å². The summed E-state index contributed by atoms with van der Waals surface area (Å²) in [5, 5.41) is 2.90. The molecule has 1 N–H and O–H groups in total. The average molecular weight is 497 g/mol. The lowest BCUT2D eigenvalue weighted by molar-refractivity contribution is 0.0730. The summed E-state index contributed by atoms with van der Waals surface area (Å²) in [5.41, 5.74) is 4.83. The molecule has 3 aromatic carbocycles. The normalized spacial score (nSPS) is 12.6. The van der Waals surface area contributed by atoms with E-state index in [2.05, 4.69) is 5.32 Å². The van der Waals surface area contributed by atoms with Gasteiger partial charge in [-0.05, 0) is 61.5 Å². The lowest BCUT2D eigenvalue weighted by Gasteiger charge is -2.26. The minimum Gasteiger partial charge on any atom is -0.497 e. The lowest BCUT2D eigenvalue weighted by Crippen LogP contribution is -2.35. The SMILES string of the molecule is COc1cc(OC)cc(C(=O)Nc2ccc(-c3cc4c(o3)CCN(C(=O)c3ccc(C)cc3)C4)cc2)c1. The molecule has 0 atom stereocenters. The van der Waals surface area contributed by atoms with Crippen molar-refractivity contribution in [2.75, 3.05) is 26.1 Å². The van der Waals surface area contributed by atoms with Gasteiger partial charge in [0, 0.05) is 53.5 Å². The summed E-state index contributed by atoms with van der Waals surface area (Å²) in [6, 6.07) is 22.2. The molecule has 4 aromatic rings. The zero-order valence-corrected chi connectivity index (χ0v) is 21.0. The van der Waals surface area contributed by atoms with Gasteiger partial charge < -0.3 is 24.1 Å². The van der Waals surface area contributed by atoms with E-state index in [1.54, 1.807) is 32.4 Å². The third kappa shape index (κ3) is 5.21. The van der Waals surface area contributed by atoms with Gasteiger partial charge in [0.25, 0.3) is 11.8 Å². The van der Waals surface area contributed by atoms with E-state index in [1.807, 2.05) is 66.4 Å². The second-order valence-corrected chi connectivity index (χ2v) is 9.03. The van der Waals surface area contributed by atoms with Gasteiger partial charge in [0.1, 0.15) is 23.0 Å². The van der Waals surface area contributed by atoms with Crippen LogP contribution in [0.15, 0.2) is 77.2 Å². The van der Waals surface area contributed by atoms with Crippen molar-refractivity contribution >= 4 is 17.5 Å². The number of carbonyl (C=O) groups excluding carboxylic acids is 2. The molecule has 7 heteroatoms. The Bertz CT molecular complexity index is 1420. The van der Waals surface area contributed by atoms with Crippen molar-refractivity contribution in [1.82, 2.24) is 4.90 Å². The maximum Gasteiger partial charge on any atom is 0.255 e. The maximum absolute atomic E-state index is 12.9. The van der Waals surface area contributed by atoms with Crippen molar-refractivity contribution in [2.24, 2.45) is 0 Å². The topological polar surface area (TPSA) is 81.0 Å². The van der Waals surface area contributed by atoms with E-state index >= 15 is 0 Å². The van der Waals surface area contributed by atoms with Crippen molar-refractivity contribution < 1.29 is 23.5 Å². The molecule has 0 radical (unpaired) electrons. The summed E-state index contributed by atoms with van der Waals surface area (Å²) in [4.78, 5) is 27.6. The maximum atomic E-state index is 12.9. The van der Waals surface area contributed by atoms with E-state index in [-0.39, 0.29) is 11.8 Å². The zero-order valence-electron chi connectivity index (χ0n) is 21.0. The van der Waals surface area contributed by atoms with Gasteiger partial charge in [0.15, 0.2) is 0 Å². The quantitative estimate of drug-likeness (QED) is 0.369. The third-order valence-electron chi connectivity index (χ3n) is 6.49. The largest absolute Gasteiger partial charge is 0.497 e. The van der Waals surface area contributed by atoms with Crippen LogP contribution >= 0.6 is 0 Å². The first-order chi connectivity index (χ1) is 17.9. The smallest absolute Gasteiger partial charge is 0.255 e. The molecule has 5 rings (SSSR count). The summed E-state index contributed by atoms with van der Waals surface area (Å²) in [6.07, 6.45) is 0.672. The van der Waals surface area contributed by atoms with Crippen LogP contribution in [0.4, 0.5) is 5.69 Å². The second kappa shape index (κ2) is 10.2. The highest BCUT2D eigenvalue weighted by molar-refractivity contribution is 6.05. The van der Waals surface area contributed by atoms with Crippen LogP contribution in [0.1, 0.15) is 37.6 Å². The Morgan fingerprint density at radius 2 is 1.54 bits per heavy atom. The van der Waals surface area contributed by atoms with Crippen LogP contribution in [0.5, 0.6) is 11.5 Å². The number of hydrogen-bond acceptors (Lipinski definition) is 5. The number of nitrogens with one attached hydrogen (secondary N) is 1. The minimum atomic E-state index is -0.267. The average Bonchev–Trinajstić information content (AvgIpc) is 3.36. The standard InChI is InChI=1S/C30H28N2O5/c1-19-4-6-21(7-5-19)30(34)32-13-12-27-23(18-32)16-28(37-27)20-8-10-24(11-9-20)31-29(33)22-14-25(35-2)17-26(15-22)36-3/h4-11,14-17H,12-13,18H2,1-3H3,(H,31,33). The fraction of sp³-hybridized carbons (Fsp3) is 0.200. The van der Waals surface area contributed by atoms with Crippen molar-refractivity contribution in [3.8, 4) is 22.8 Å². The predicted molar refractivity (Wildman–Crippen MR) is 141 cm³/mol. The fourth-order valence-corrected chi connectivity index (χ4v) is 4.39. The zero-order chi connectivity index (χ0) is 25.9. The van der Waals surface area contributed by atoms with Crippen LogP contribution in [0.2, 0.25) is 0 Å². The van der Waals surface area contributed by atoms with Gasteiger partial charge in [0.2, 0.25) is 0 Å². The molecule has 2 heterocycles. The van der Waals surface area contributed by atoms with Crippen molar-refractivity contribution in [3.63, 3.8) is 0 Å². The molecule has 0 bridgehead atoms. The number of benzene rings is 3. The van der Waals surface area contributed by atoms with Gasteiger partial charge in [-0.25, -0.2) is 0 Å². The summed E-state index contributed by atoms with van der Waals surface area (Å²) in [5.74, 6) is 2.50. The number of ether oxygens (including phenoxy) is 2. The molecule has 0 fully saturated rings. The fourth-order valence-electron chi connectivity index (χ4n) is 4.39. The Kier molecular flexibility index (Phi) is 6.68. The Morgan fingerprint density at radius 3 is 2.19 bits per heavy atom. The number of fused-ring (bicyclic) bond motifs is 1. The van der Waals surface area contributed by atoms with Crippen LogP contribution in [0.25, 0.3) is 11.3 Å². The molecule has 0 aliphatic carbocycles. The summed E-state index contributed by atoms with van der Waals surface area (Å²) >= 11 is 0. The van der Waals surface area contributed by atoms with Gasteiger partial charge >= 0.3 is 0 Å². The molecule has 7 nitrogen and oxygen atoms in total. The number of anilines is 1. The number of amides is 2. The van der Waals surface area contributed by atoms with Gasteiger partial charge in [0.05, 0.1) is 14.2 Å². The van der Waals surface area contributed by atoms with E-state index < -0.39 is 0 Å². The summed E-state index contributed by atoms with van der Waals surface area (Å²) in [6.45, 7) is 3.14. The molecule has 0 saturated heterocycles. The number of furan rings is 1. The van der Waals surface area contributed by atoms with Gasteiger partial charge in [-0.1, -0.05) is 17.7 Å². The number of carbonyl (C=O) groups is 2. The molecule has 188 valence electrons. The monoisotopic (exact) mass is 496 g/mol. The van der Waals surface area contributed by atoms with Gasteiger partial charge in [-0.2, -0.15) is 0 Å². The molecule has 0 unspecified atom stereocenters. The first-order valence-electron chi connectivity index (χ1n) is 12.1. The van der Waals surface area contributed by atoms with Crippen LogP contribution < -0.4 is 14.8 Å². The molecule has 37 heavy (non-hydrogen) atoms. The van der Waals surface area contributed by atoms with Crippen LogP contribution in [-0.2, 0) is 13.0 Å². The minimum absolute atomic E-state index is 0.0298. The van der Waals surface area contributed by atoms with E-state index in [0.29, 0.717) is 47.8 Å². The molecular weight excluding hydrogens is 468 g/mol. The molecule has 0 spiro atoms. The summed E-state index contributed by atoms with van der Waals surface area (Å²) in [7, 11) is 3.09. The lowest BCUT2D eigenvalue weighted by atomic mass is 10.1. The predicted octanol–water partition coefficient (Wildman–Crippen LogP) is 5.72. The van der Waals surface area contributed by atoms with Gasteiger partial charge in [-0.15, -0.1) is 0 Å². The van der Waals surface area contributed by atoms with E-state index in [0.717, 1.165) is 28.2 Å². The molecule has 2 amide bonds. The van der Waals surface area contributed by atoms with E-state index in [9.17, 15) is 9.59 Å². The van der Waals surface area contributed by atoms with Crippen molar-refractivity contribution in [2.45, 2.75) is 19.9 Å². The van der Waals surface area contributed by atoms with Crippen LogP contribution in [0, 0.1) is 6.92 Å². The second-order valence-electron chi connectivity index (χ2n) is 9.03. The third-order valence-corrected chi connectivity index (χ3v) is 6.49. The van der Waals surface area contributed by atoms with Crippen molar-refractivity contribution in [1.29, 1.82) is 0 Å². The first kappa shape index (κ1) is 24.2. The Morgan fingerprint density at radius 1 is 0.865 bits per heavy atom. The molecular formula is C30H28N2O5. The van der Waals surface area contributed by atoms with E-state index in [4.69, 9.17) is 13.9 Å². The molecule has 0 saturated carbocycles. The molecule has 1 aliphatic rings. The van der Waals surface area contributed by atoms with Gasteiger partial charge in [-0.3, -0.25) is 9.59 Å². The highest BCUT2D eigenvalue weighted by Crippen LogP contribution is 2.31. The number of hydrogen-bond donors (Lipinski definition) is 1. The number of aryl methyl sites for hydroxylation is 1. The highest BCUT2D eigenvalue weighted by Gasteiger charge is 2.25. The Hall–Kier alpha value is -4.52. The highest BCUT2D eigenvalue weighted by atomic mass is 16.5. The van der Waals surface area contributed by atoms with E-state index in [1.165, 1.54) is 0 Å². The number of methoxy groups -OCH3 is 2. The number of nitrogens with zero attached hydrogens (tertiary/aromatic N) is 1. The van der Waals surface area contributed by atoms with Crippen molar-refractivity contribution in [3.05, 3.63) is 101 Å². The molecule has 1 aromatic heterocycles. The van der Waals surface area contributed by atoms with Crippen LogP contribution in [0.3, 0.4) is 0 Å².